The van der Waals surface area contributed by atoms with Gasteiger partial charge in [-0.25, -0.2) is 0 Å². The molecule has 2 rings (SSSR count). The number of ether oxygens (including phenoxy) is 2. The maximum absolute atomic E-state index is 6.03. The lowest BCUT2D eigenvalue weighted by molar-refractivity contribution is 0.328. The highest BCUT2D eigenvalue weighted by atomic mass is 35.5. The van der Waals surface area contributed by atoms with Crippen LogP contribution in [0.25, 0.3) is 0 Å². The van der Waals surface area contributed by atoms with Gasteiger partial charge in [0.05, 0.1) is 31.5 Å². The van der Waals surface area contributed by atoms with Crippen LogP contribution in [0.4, 0.5) is 5.69 Å². The van der Waals surface area contributed by atoms with Gasteiger partial charge >= 0.3 is 0 Å². The van der Waals surface area contributed by atoms with Crippen LogP contribution in [0.2, 0.25) is 5.02 Å². The molecule has 1 aliphatic heterocycles. The zero-order valence-electron chi connectivity index (χ0n) is 10.6. The summed E-state index contributed by atoms with van der Waals surface area (Å²) in [6.45, 7) is 2.62. The van der Waals surface area contributed by atoms with Crippen LogP contribution in [0.15, 0.2) is 30.2 Å². The molecule has 0 saturated carbocycles. The topological polar surface area (TPSA) is 33.7 Å². The van der Waals surface area contributed by atoms with E-state index in [1.165, 1.54) is 0 Å². The highest BCUT2D eigenvalue weighted by Gasteiger charge is 2.15. The van der Waals surface area contributed by atoms with Gasteiger partial charge in [-0.15, -0.1) is 0 Å². The van der Waals surface area contributed by atoms with E-state index in [0.29, 0.717) is 10.8 Å². The molecule has 1 aliphatic rings. The Hall–Kier alpha value is -1.55. The third kappa shape index (κ3) is 2.82. The van der Waals surface area contributed by atoms with Crippen LogP contribution >= 0.6 is 11.6 Å². The molecule has 0 aliphatic carbocycles. The Morgan fingerprint density at radius 3 is 2.94 bits per heavy atom. The van der Waals surface area contributed by atoms with Crippen molar-refractivity contribution in [1.29, 1.82) is 0 Å². The summed E-state index contributed by atoms with van der Waals surface area (Å²) in [7, 11) is 3.28. The number of benzene rings is 1. The normalized spacial score (nSPS) is 17.5. The monoisotopic (exact) mass is 268 g/mol. The average Bonchev–Trinajstić information content (AvgIpc) is 2.40. The smallest absolute Gasteiger partial charge is 0.139 e. The van der Waals surface area contributed by atoms with Crippen molar-refractivity contribution in [3.63, 3.8) is 0 Å². The van der Waals surface area contributed by atoms with E-state index in [9.17, 15) is 0 Å². The van der Waals surface area contributed by atoms with Gasteiger partial charge in [-0.2, -0.15) is 0 Å². The summed E-state index contributed by atoms with van der Waals surface area (Å²) in [6, 6.07) is 5.82. The number of rotatable bonds is 3. The molecule has 0 unspecified atom stereocenters. The standard InChI is InChI=1S/C13H17ClN2O2/c1-17-9-10-8-16(6-5-15-10)11-3-4-12(14)13(7-11)18-2/h3-4,7,9,15H,5-6,8H2,1-2H3/b10-9+. The molecule has 1 aromatic rings. The van der Waals surface area contributed by atoms with Crippen molar-refractivity contribution >= 4 is 17.3 Å². The largest absolute Gasteiger partial charge is 0.502 e. The predicted octanol–water partition coefficient (Wildman–Crippen LogP) is 2.25. The van der Waals surface area contributed by atoms with Gasteiger partial charge in [-0.05, 0) is 12.1 Å². The Morgan fingerprint density at radius 1 is 1.39 bits per heavy atom. The minimum absolute atomic E-state index is 0.629. The van der Waals surface area contributed by atoms with Crippen molar-refractivity contribution in [3.05, 3.63) is 35.2 Å². The summed E-state index contributed by atoms with van der Waals surface area (Å²) < 4.78 is 10.3. The average molecular weight is 269 g/mol. The summed E-state index contributed by atoms with van der Waals surface area (Å²) >= 11 is 6.03. The Morgan fingerprint density at radius 2 is 2.22 bits per heavy atom. The summed E-state index contributed by atoms with van der Waals surface area (Å²) in [6.07, 6.45) is 1.74. The number of nitrogens with zero attached hydrogens (tertiary/aromatic N) is 1. The molecule has 1 aromatic carbocycles. The fourth-order valence-electron chi connectivity index (χ4n) is 1.98. The quantitative estimate of drug-likeness (QED) is 0.853. The zero-order chi connectivity index (χ0) is 13.0. The first-order chi connectivity index (χ1) is 8.74. The lowest BCUT2D eigenvalue weighted by Crippen LogP contribution is -2.42. The second kappa shape index (κ2) is 5.87. The van der Waals surface area contributed by atoms with Crippen molar-refractivity contribution in [1.82, 2.24) is 5.32 Å². The second-order valence-corrected chi connectivity index (χ2v) is 4.45. The third-order valence-corrected chi connectivity index (χ3v) is 3.17. The van der Waals surface area contributed by atoms with Gasteiger partial charge in [0, 0.05) is 24.8 Å². The van der Waals surface area contributed by atoms with E-state index in [0.717, 1.165) is 31.0 Å². The first-order valence-electron chi connectivity index (χ1n) is 5.79. The molecule has 0 atom stereocenters. The SMILES string of the molecule is CO/C=C1\CN(c2ccc(Cl)c(OC)c2)CCN1. The minimum Gasteiger partial charge on any atom is -0.502 e. The zero-order valence-corrected chi connectivity index (χ0v) is 11.3. The molecule has 0 aromatic heterocycles. The van der Waals surface area contributed by atoms with E-state index < -0.39 is 0 Å². The highest BCUT2D eigenvalue weighted by Crippen LogP contribution is 2.29. The van der Waals surface area contributed by atoms with E-state index in [-0.39, 0.29) is 0 Å². The second-order valence-electron chi connectivity index (χ2n) is 4.05. The molecule has 0 amide bonds. The molecule has 1 fully saturated rings. The van der Waals surface area contributed by atoms with Gasteiger partial charge in [0.15, 0.2) is 0 Å². The summed E-state index contributed by atoms with van der Waals surface area (Å²) in [5.74, 6) is 0.699. The van der Waals surface area contributed by atoms with Crippen LogP contribution in [0.1, 0.15) is 0 Å². The van der Waals surface area contributed by atoms with Gasteiger partial charge in [-0.3, -0.25) is 0 Å². The molecule has 98 valence electrons. The fourth-order valence-corrected chi connectivity index (χ4v) is 2.17. The van der Waals surface area contributed by atoms with E-state index in [4.69, 9.17) is 21.1 Å². The number of anilines is 1. The van der Waals surface area contributed by atoms with Gasteiger partial charge in [0.25, 0.3) is 0 Å². The number of methoxy groups -OCH3 is 2. The van der Waals surface area contributed by atoms with Crippen molar-refractivity contribution in [2.24, 2.45) is 0 Å². The van der Waals surface area contributed by atoms with Gasteiger partial charge in [0.1, 0.15) is 12.0 Å². The number of hydrogen-bond donors (Lipinski definition) is 1. The predicted molar refractivity (Wildman–Crippen MR) is 73.3 cm³/mol. The first kappa shape index (κ1) is 12.9. The minimum atomic E-state index is 0.629. The molecule has 5 heteroatoms. The molecular weight excluding hydrogens is 252 g/mol. The maximum atomic E-state index is 6.03. The molecule has 0 radical (unpaired) electrons. The summed E-state index contributed by atoms with van der Waals surface area (Å²) in [5.41, 5.74) is 2.16. The number of halogens is 1. The van der Waals surface area contributed by atoms with Crippen LogP contribution in [-0.2, 0) is 4.74 Å². The highest BCUT2D eigenvalue weighted by molar-refractivity contribution is 6.32. The first-order valence-corrected chi connectivity index (χ1v) is 6.16. The molecule has 1 heterocycles. The number of nitrogens with one attached hydrogen (secondary N) is 1. The summed E-state index contributed by atoms with van der Waals surface area (Å²) in [4.78, 5) is 2.25. The Balaban J connectivity index is 2.18. The Labute approximate surface area is 112 Å². The molecule has 0 spiro atoms. The van der Waals surface area contributed by atoms with E-state index in [2.05, 4.69) is 10.2 Å². The van der Waals surface area contributed by atoms with Gasteiger partial charge in [-0.1, -0.05) is 11.6 Å². The lowest BCUT2D eigenvalue weighted by Gasteiger charge is -2.31. The molecule has 0 bridgehead atoms. The van der Waals surface area contributed by atoms with Crippen LogP contribution in [-0.4, -0.2) is 33.9 Å². The molecule has 18 heavy (non-hydrogen) atoms. The molecule has 1 N–H and O–H groups in total. The third-order valence-electron chi connectivity index (χ3n) is 2.85. The molecule has 4 nitrogen and oxygen atoms in total. The van der Waals surface area contributed by atoms with Crippen molar-refractivity contribution in [2.45, 2.75) is 0 Å². The van der Waals surface area contributed by atoms with Crippen molar-refractivity contribution < 1.29 is 9.47 Å². The molecule has 1 saturated heterocycles. The Bertz CT molecular complexity index is 449. The lowest BCUT2D eigenvalue weighted by atomic mass is 10.2. The van der Waals surface area contributed by atoms with Crippen LogP contribution < -0.4 is 15.0 Å². The van der Waals surface area contributed by atoms with E-state index >= 15 is 0 Å². The van der Waals surface area contributed by atoms with Crippen LogP contribution in [0.3, 0.4) is 0 Å². The number of hydrogen-bond acceptors (Lipinski definition) is 4. The van der Waals surface area contributed by atoms with Gasteiger partial charge in [0.2, 0.25) is 0 Å². The van der Waals surface area contributed by atoms with Crippen molar-refractivity contribution in [2.75, 3.05) is 38.8 Å². The fraction of sp³-hybridized carbons (Fsp3) is 0.385. The van der Waals surface area contributed by atoms with E-state index in [1.54, 1.807) is 20.5 Å². The van der Waals surface area contributed by atoms with Crippen LogP contribution in [0, 0.1) is 0 Å². The molecular formula is C13H17ClN2O2. The summed E-state index contributed by atoms with van der Waals surface area (Å²) in [5, 5.41) is 3.93. The number of piperazine rings is 1. The van der Waals surface area contributed by atoms with Crippen molar-refractivity contribution in [3.8, 4) is 5.75 Å². The van der Waals surface area contributed by atoms with Gasteiger partial charge < -0.3 is 19.7 Å². The maximum Gasteiger partial charge on any atom is 0.139 e. The van der Waals surface area contributed by atoms with E-state index in [1.807, 2.05) is 18.2 Å². The Kier molecular flexibility index (Phi) is 4.20. The van der Waals surface area contributed by atoms with Crippen LogP contribution in [0.5, 0.6) is 5.75 Å².